The van der Waals surface area contributed by atoms with E-state index in [0.29, 0.717) is 0 Å². The third kappa shape index (κ3) is 6.05. The predicted octanol–water partition coefficient (Wildman–Crippen LogP) is 3.64. The number of hydrogen-bond acceptors (Lipinski definition) is 2. The summed E-state index contributed by atoms with van der Waals surface area (Å²) in [5.74, 6) is 0. The summed E-state index contributed by atoms with van der Waals surface area (Å²) in [5, 5.41) is 2.95. The number of hydrogen-bond donors (Lipinski definition) is 1. The van der Waals surface area contributed by atoms with Gasteiger partial charge in [-0.2, -0.15) is 0 Å². The highest BCUT2D eigenvalue weighted by Crippen LogP contribution is 2.18. The van der Waals surface area contributed by atoms with Crippen LogP contribution in [0.4, 0.5) is 13.2 Å². The van der Waals surface area contributed by atoms with Crippen LogP contribution in [0.5, 0.6) is 0 Å². The molecule has 1 aromatic rings. The molecular formula is C11H13BrF3NO. The molecule has 0 aromatic heterocycles. The molecule has 0 aliphatic heterocycles. The molecule has 0 fully saturated rings. The van der Waals surface area contributed by atoms with Gasteiger partial charge in [0.2, 0.25) is 0 Å². The summed E-state index contributed by atoms with van der Waals surface area (Å²) < 4.78 is 39.7. The van der Waals surface area contributed by atoms with Gasteiger partial charge in [0.1, 0.15) is 0 Å². The molecule has 17 heavy (non-hydrogen) atoms. The summed E-state index contributed by atoms with van der Waals surface area (Å²) in [5.41, 5.74) is 1.01. The Bertz CT molecular complexity index is 357. The lowest BCUT2D eigenvalue weighted by atomic mass is 10.1. The molecule has 1 atom stereocenters. The monoisotopic (exact) mass is 311 g/mol. The average molecular weight is 312 g/mol. The summed E-state index contributed by atoms with van der Waals surface area (Å²) in [4.78, 5) is 0. The zero-order chi connectivity index (χ0) is 12.9. The first-order valence-corrected chi connectivity index (χ1v) is 5.87. The second-order valence-corrected chi connectivity index (χ2v) is 4.44. The molecule has 0 saturated carbocycles. The first kappa shape index (κ1) is 14.5. The molecule has 0 heterocycles. The molecule has 0 unspecified atom stereocenters. The Kier molecular flexibility index (Phi) is 5.42. The van der Waals surface area contributed by atoms with Crippen LogP contribution < -0.4 is 5.32 Å². The van der Waals surface area contributed by atoms with Gasteiger partial charge in [0.15, 0.2) is 0 Å². The van der Waals surface area contributed by atoms with E-state index in [-0.39, 0.29) is 19.2 Å². The fourth-order valence-electron chi connectivity index (χ4n) is 1.34. The van der Waals surface area contributed by atoms with Crippen molar-refractivity contribution < 1.29 is 17.9 Å². The number of rotatable bonds is 5. The summed E-state index contributed by atoms with van der Waals surface area (Å²) in [6.45, 7) is 1.64. The maximum Gasteiger partial charge on any atom is 0.522 e. The molecule has 96 valence electrons. The van der Waals surface area contributed by atoms with E-state index in [9.17, 15) is 13.2 Å². The van der Waals surface area contributed by atoms with Gasteiger partial charge < -0.3 is 5.32 Å². The highest BCUT2D eigenvalue weighted by molar-refractivity contribution is 9.10. The van der Waals surface area contributed by atoms with Crippen molar-refractivity contribution in [3.8, 4) is 0 Å². The summed E-state index contributed by atoms with van der Waals surface area (Å²) in [6.07, 6.45) is -4.55. The molecule has 6 heteroatoms. The Morgan fingerprint density at radius 2 is 2.12 bits per heavy atom. The normalized spacial score (nSPS) is 13.7. The van der Waals surface area contributed by atoms with E-state index in [1.54, 1.807) is 0 Å². The minimum atomic E-state index is -4.55. The predicted molar refractivity (Wildman–Crippen MR) is 62.6 cm³/mol. The first-order chi connectivity index (χ1) is 7.88. The Balaban J connectivity index is 2.33. The van der Waals surface area contributed by atoms with Gasteiger partial charge in [-0.15, -0.1) is 13.2 Å². The van der Waals surface area contributed by atoms with Crippen LogP contribution in [0.15, 0.2) is 28.7 Å². The fraction of sp³-hybridized carbons (Fsp3) is 0.455. The minimum absolute atomic E-state index is 0.0238. The van der Waals surface area contributed by atoms with E-state index in [2.05, 4.69) is 26.0 Å². The second kappa shape index (κ2) is 6.37. The fourth-order valence-corrected chi connectivity index (χ4v) is 1.75. The van der Waals surface area contributed by atoms with Crippen LogP contribution >= 0.6 is 15.9 Å². The highest BCUT2D eigenvalue weighted by atomic mass is 79.9. The lowest BCUT2D eigenvalue weighted by molar-refractivity contribution is -0.323. The molecule has 0 saturated heterocycles. The highest BCUT2D eigenvalue weighted by Gasteiger charge is 2.28. The lowest BCUT2D eigenvalue weighted by Gasteiger charge is -2.15. The molecule has 0 aliphatic rings. The summed E-state index contributed by atoms with van der Waals surface area (Å²) in [6, 6.07) is 7.58. The molecular weight excluding hydrogens is 299 g/mol. The van der Waals surface area contributed by atoms with Crippen LogP contribution in [0.25, 0.3) is 0 Å². The largest absolute Gasteiger partial charge is 0.522 e. The van der Waals surface area contributed by atoms with Crippen LogP contribution in [-0.4, -0.2) is 19.5 Å². The van der Waals surface area contributed by atoms with Gasteiger partial charge in [-0.3, -0.25) is 4.74 Å². The molecule has 0 amide bonds. The van der Waals surface area contributed by atoms with E-state index < -0.39 is 6.36 Å². The van der Waals surface area contributed by atoms with Gasteiger partial charge >= 0.3 is 6.36 Å². The first-order valence-electron chi connectivity index (χ1n) is 5.08. The number of halogens is 4. The molecule has 1 N–H and O–H groups in total. The van der Waals surface area contributed by atoms with E-state index in [1.807, 2.05) is 31.2 Å². The smallest absolute Gasteiger partial charge is 0.308 e. The van der Waals surface area contributed by atoms with Gasteiger partial charge in [-0.25, -0.2) is 0 Å². The van der Waals surface area contributed by atoms with Crippen molar-refractivity contribution >= 4 is 15.9 Å². The van der Waals surface area contributed by atoms with E-state index in [4.69, 9.17) is 0 Å². The molecule has 0 spiro atoms. The minimum Gasteiger partial charge on any atom is -0.308 e. The molecule has 0 bridgehead atoms. The number of nitrogens with one attached hydrogen (secondary N) is 1. The molecule has 2 nitrogen and oxygen atoms in total. The van der Waals surface area contributed by atoms with Crippen molar-refractivity contribution in [2.24, 2.45) is 0 Å². The van der Waals surface area contributed by atoms with Gasteiger partial charge in [0.25, 0.3) is 0 Å². The third-order valence-corrected chi connectivity index (χ3v) is 2.66. The SMILES string of the molecule is C[C@@H](NCCOC(F)(F)F)c1cccc(Br)c1. The topological polar surface area (TPSA) is 21.3 Å². The van der Waals surface area contributed by atoms with Gasteiger partial charge in [-0.05, 0) is 24.6 Å². The maximum atomic E-state index is 11.7. The average Bonchev–Trinajstić information content (AvgIpc) is 2.23. The van der Waals surface area contributed by atoms with Crippen LogP contribution in [0.3, 0.4) is 0 Å². The van der Waals surface area contributed by atoms with Crippen molar-refractivity contribution in [3.63, 3.8) is 0 Å². The van der Waals surface area contributed by atoms with Crippen molar-refractivity contribution in [1.82, 2.24) is 5.32 Å². The zero-order valence-corrected chi connectivity index (χ0v) is 10.8. The Labute approximate surface area is 106 Å². The van der Waals surface area contributed by atoms with Crippen molar-refractivity contribution in [2.75, 3.05) is 13.2 Å². The van der Waals surface area contributed by atoms with Gasteiger partial charge in [0.05, 0.1) is 6.61 Å². The Morgan fingerprint density at radius 1 is 1.41 bits per heavy atom. The maximum absolute atomic E-state index is 11.7. The number of ether oxygens (including phenoxy) is 1. The van der Waals surface area contributed by atoms with Crippen molar-refractivity contribution in [2.45, 2.75) is 19.3 Å². The Morgan fingerprint density at radius 3 is 2.71 bits per heavy atom. The third-order valence-electron chi connectivity index (χ3n) is 2.17. The quantitative estimate of drug-likeness (QED) is 0.838. The van der Waals surface area contributed by atoms with Gasteiger partial charge in [0, 0.05) is 17.1 Å². The van der Waals surface area contributed by atoms with E-state index in [0.717, 1.165) is 10.0 Å². The Hall–Kier alpha value is -0.590. The van der Waals surface area contributed by atoms with Crippen molar-refractivity contribution in [3.05, 3.63) is 34.3 Å². The van der Waals surface area contributed by atoms with Crippen LogP contribution in [-0.2, 0) is 4.74 Å². The van der Waals surface area contributed by atoms with Crippen LogP contribution in [0.2, 0.25) is 0 Å². The summed E-state index contributed by atoms with van der Waals surface area (Å²) in [7, 11) is 0. The van der Waals surface area contributed by atoms with E-state index >= 15 is 0 Å². The van der Waals surface area contributed by atoms with Crippen molar-refractivity contribution in [1.29, 1.82) is 0 Å². The zero-order valence-electron chi connectivity index (χ0n) is 9.22. The van der Waals surface area contributed by atoms with Crippen LogP contribution in [0.1, 0.15) is 18.5 Å². The number of benzene rings is 1. The molecule has 0 aliphatic carbocycles. The molecule has 0 radical (unpaired) electrons. The van der Waals surface area contributed by atoms with Crippen LogP contribution in [0, 0.1) is 0 Å². The standard InChI is InChI=1S/C11H13BrF3NO/c1-8(9-3-2-4-10(12)7-9)16-5-6-17-11(13,14)15/h2-4,7-8,16H,5-6H2,1H3/t8-/m1/s1. The molecule has 1 rings (SSSR count). The number of alkyl halides is 3. The summed E-state index contributed by atoms with van der Waals surface area (Å²) >= 11 is 3.34. The van der Waals surface area contributed by atoms with Gasteiger partial charge in [-0.1, -0.05) is 28.1 Å². The van der Waals surface area contributed by atoms with E-state index in [1.165, 1.54) is 0 Å². The lowest BCUT2D eigenvalue weighted by Crippen LogP contribution is -2.26. The second-order valence-electron chi connectivity index (χ2n) is 3.53. The molecule has 1 aromatic carbocycles.